The molecule has 0 saturated carbocycles. The average Bonchev–Trinajstić information content (AvgIpc) is 2.84. The zero-order valence-electron chi connectivity index (χ0n) is 11.3. The molecule has 5 heteroatoms. The first-order chi connectivity index (χ1) is 8.95. The predicted octanol–water partition coefficient (Wildman–Crippen LogP) is 3.44. The van der Waals surface area contributed by atoms with Gasteiger partial charge in [0, 0.05) is 10.9 Å². The Labute approximate surface area is 115 Å². The van der Waals surface area contributed by atoms with Gasteiger partial charge in [0.05, 0.1) is 7.11 Å². The number of hydrogen-bond acceptors (Lipinski definition) is 4. The van der Waals surface area contributed by atoms with Crippen LogP contribution in [0.15, 0.2) is 11.4 Å². The lowest BCUT2D eigenvalue weighted by molar-refractivity contribution is 0.0691. The molecular weight excluding hydrogens is 262 g/mol. The van der Waals surface area contributed by atoms with Gasteiger partial charge in [-0.3, -0.25) is 0 Å². The molecule has 1 aromatic heterocycles. The van der Waals surface area contributed by atoms with Crippen LogP contribution in [0.3, 0.4) is 0 Å². The number of carboxylic acids is 1. The summed E-state index contributed by atoms with van der Waals surface area (Å²) in [6, 6.07) is 1.99. The molecule has 4 nitrogen and oxygen atoms in total. The van der Waals surface area contributed by atoms with Crippen LogP contribution in [0.4, 0.5) is 0 Å². The summed E-state index contributed by atoms with van der Waals surface area (Å²) in [5, 5.41) is 11.2. The lowest BCUT2D eigenvalue weighted by Gasteiger charge is -2.14. The number of aryl methyl sites for hydroxylation is 1. The van der Waals surface area contributed by atoms with E-state index in [0.717, 1.165) is 33.0 Å². The summed E-state index contributed by atoms with van der Waals surface area (Å²) in [5.74, 6) is -0.127. The molecule has 0 spiro atoms. The molecule has 0 fully saturated rings. The molecule has 0 unspecified atom stereocenters. The number of carboxylic acid groups (broad SMARTS) is 1. The Morgan fingerprint density at radius 3 is 2.53 bits per heavy atom. The average molecular weight is 277 g/mol. The van der Waals surface area contributed by atoms with Crippen LogP contribution in [0.2, 0.25) is 0 Å². The lowest BCUT2D eigenvalue weighted by atomic mass is 9.99. The van der Waals surface area contributed by atoms with Crippen molar-refractivity contribution in [2.75, 3.05) is 7.11 Å². The minimum Gasteiger partial charge on any atom is -0.496 e. The minimum absolute atomic E-state index is 0.0884. The van der Waals surface area contributed by atoms with Gasteiger partial charge < -0.3 is 9.84 Å². The van der Waals surface area contributed by atoms with Crippen LogP contribution < -0.4 is 4.74 Å². The van der Waals surface area contributed by atoms with Crippen molar-refractivity contribution in [1.29, 1.82) is 0 Å². The summed E-state index contributed by atoms with van der Waals surface area (Å²) in [4.78, 5) is 15.0. The number of benzene rings is 1. The maximum Gasteiger partial charge on any atom is 0.355 e. The first-order valence-corrected chi connectivity index (χ1v) is 6.67. The van der Waals surface area contributed by atoms with Crippen molar-refractivity contribution < 1.29 is 14.6 Å². The Hall–Kier alpha value is -1.88. The number of carbonyl (C=O) groups is 1. The normalized spacial score (nSPS) is 10.5. The first-order valence-electron chi connectivity index (χ1n) is 5.79. The van der Waals surface area contributed by atoms with Gasteiger partial charge in [-0.25, -0.2) is 9.78 Å². The van der Waals surface area contributed by atoms with E-state index < -0.39 is 5.97 Å². The fourth-order valence-corrected chi connectivity index (χ4v) is 2.96. The molecule has 0 aliphatic rings. The zero-order chi connectivity index (χ0) is 14.2. The van der Waals surface area contributed by atoms with Crippen molar-refractivity contribution in [2.45, 2.75) is 20.8 Å². The van der Waals surface area contributed by atoms with Crippen LogP contribution in [0, 0.1) is 20.8 Å². The van der Waals surface area contributed by atoms with Crippen molar-refractivity contribution in [1.82, 2.24) is 4.98 Å². The number of aromatic nitrogens is 1. The second-order valence-electron chi connectivity index (χ2n) is 4.37. The Morgan fingerprint density at radius 1 is 1.32 bits per heavy atom. The van der Waals surface area contributed by atoms with Gasteiger partial charge in [-0.2, -0.15) is 0 Å². The zero-order valence-corrected chi connectivity index (χ0v) is 12.1. The molecular formula is C14H15NO3S. The highest BCUT2D eigenvalue weighted by Crippen LogP contribution is 2.35. The van der Waals surface area contributed by atoms with Gasteiger partial charge in [0.15, 0.2) is 5.69 Å². The van der Waals surface area contributed by atoms with Crippen molar-refractivity contribution in [2.24, 2.45) is 0 Å². The van der Waals surface area contributed by atoms with Crippen molar-refractivity contribution in [3.63, 3.8) is 0 Å². The molecule has 0 atom stereocenters. The quantitative estimate of drug-likeness (QED) is 0.933. The molecule has 0 bridgehead atoms. The molecule has 0 aliphatic carbocycles. The van der Waals surface area contributed by atoms with Gasteiger partial charge in [-0.05, 0) is 43.5 Å². The van der Waals surface area contributed by atoms with Gasteiger partial charge in [0.2, 0.25) is 0 Å². The molecule has 1 N–H and O–H groups in total. The molecule has 2 rings (SSSR count). The molecule has 1 aromatic carbocycles. The fraction of sp³-hybridized carbons (Fsp3) is 0.286. The molecule has 19 heavy (non-hydrogen) atoms. The van der Waals surface area contributed by atoms with E-state index in [2.05, 4.69) is 4.98 Å². The topological polar surface area (TPSA) is 59.4 Å². The summed E-state index contributed by atoms with van der Waals surface area (Å²) in [6.07, 6.45) is 0. The summed E-state index contributed by atoms with van der Waals surface area (Å²) in [6.45, 7) is 5.96. The maximum atomic E-state index is 10.9. The van der Waals surface area contributed by atoms with E-state index in [0.29, 0.717) is 0 Å². The van der Waals surface area contributed by atoms with E-state index in [1.165, 1.54) is 11.3 Å². The fourth-order valence-electron chi connectivity index (χ4n) is 2.09. The van der Waals surface area contributed by atoms with Crippen LogP contribution in [0.25, 0.3) is 10.6 Å². The third-order valence-electron chi connectivity index (χ3n) is 3.18. The highest BCUT2D eigenvalue weighted by atomic mass is 32.1. The summed E-state index contributed by atoms with van der Waals surface area (Å²) in [7, 11) is 1.65. The number of methoxy groups -OCH3 is 1. The Morgan fingerprint density at radius 2 is 2.00 bits per heavy atom. The highest BCUT2D eigenvalue weighted by molar-refractivity contribution is 7.13. The Kier molecular flexibility index (Phi) is 3.57. The first kappa shape index (κ1) is 13.5. The van der Waals surface area contributed by atoms with Crippen LogP contribution in [-0.4, -0.2) is 23.2 Å². The van der Waals surface area contributed by atoms with Crippen LogP contribution in [-0.2, 0) is 0 Å². The van der Waals surface area contributed by atoms with E-state index in [4.69, 9.17) is 9.84 Å². The van der Waals surface area contributed by atoms with E-state index in [1.54, 1.807) is 12.5 Å². The van der Waals surface area contributed by atoms with E-state index in [1.807, 2.05) is 26.8 Å². The third-order valence-corrected chi connectivity index (χ3v) is 4.06. The van der Waals surface area contributed by atoms with Crippen molar-refractivity contribution in [3.05, 3.63) is 33.8 Å². The largest absolute Gasteiger partial charge is 0.496 e. The van der Waals surface area contributed by atoms with E-state index >= 15 is 0 Å². The smallest absolute Gasteiger partial charge is 0.355 e. The summed E-state index contributed by atoms with van der Waals surface area (Å²) >= 11 is 1.34. The summed E-state index contributed by atoms with van der Waals surface area (Å²) in [5.41, 5.74) is 4.20. The van der Waals surface area contributed by atoms with Crippen LogP contribution >= 0.6 is 11.3 Å². The van der Waals surface area contributed by atoms with Gasteiger partial charge in [-0.15, -0.1) is 11.3 Å². The van der Waals surface area contributed by atoms with Gasteiger partial charge in [-0.1, -0.05) is 0 Å². The standard InChI is InChI=1S/C14H15NO3S/c1-7-5-10(8(2)9(3)12(7)18-4)13-15-11(6-19-13)14(16)17/h5-6H,1-4H3,(H,16,17). The third kappa shape index (κ3) is 2.33. The molecule has 0 aliphatic heterocycles. The van der Waals surface area contributed by atoms with Crippen molar-refractivity contribution in [3.8, 4) is 16.3 Å². The van der Waals surface area contributed by atoms with Crippen LogP contribution in [0.5, 0.6) is 5.75 Å². The molecule has 2 aromatic rings. The second kappa shape index (κ2) is 5.01. The number of thiazole rings is 1. The molecule has 0 saturated heterocycles. The van der Waals surface area contributed by atoms with Gasteiger partial charge >= 0.3 is 5.97 Å². The number of hydrogen-bond donors (Lipinski definition) is 1. The number of ether oxygens (including phenoxy) is 1. The maximum absolute atomic E-state index is 10.9. The lowest BCUT2D eigenvalue weighted by Crippen LogP contribution is -1.98. The molecule has 0 radical (unpaired) electrons. The molecule has 1 heterocycles. The van der Waals surface area contributed by atoms with Crippen LogP contribution in [0.1, 0.15) is 27.2 Å². The SMILES string of the molecule is COc1c(C)cc(-c2nc(C(=O)O)cs2)c(C)c1C. The van der Waals surface area contributed by atoms with Gasteiger partial charge in [0.1, 0.15) is 10.8 Å². The highest BCUT2D eigenvalue weighted by Gasteiger charge is 2.16. The van der Waals surface area contributed by atoms with Gasteiger partial charge in [0.25, 0.3) is 0 Å². The predicted molar refractivity (Wildman–Crippen MR) is 75.3 cm³/mol. The minimum atomic E-state index is -0.998. The van der Waals surface area contributed by atoms with Crippen molar-refractivity contribution >= 4 is 17.3 Å². The summed E-state index contributed by atoms with van der Waals surface area (Å²) < 4.78 is 5.38. The Bertz CT molecular complexity index is 646. The molecule has 0 amide bonds. The van der Waals surface area contributed by atoms with E-state index in [9.17, 15) is 4.79 Å². The number of rotatable bonds is 3. The number of nitrogens with zero attached hydrogens (tertiary/aromatic N) is 1. The van der Waals surface area contributed by atoms with E-state index in [-0.39, 0.29) is 5.69 Å². The second-order valence-corrected chi connectivity index (χ2v) is 5.23. The number of aromatic carboxylic acids is 1. The molecule has 100 valence electrons. The Balaban J connectivity index is 2.59. The monoisotopic (exact) mass is 277 g/mol.